The second-order valence-corrected chi connectivity index (χ2v) is 7.14. The molecule has 0 bridgehead atoms. The van der Waals surface area contributed by atoms with Crippen molar-refractivity contribution in [1.82, 2.24) is 15.5 Å². The molecule has 1 aliphatic heterocycles. The average molecular weight is 460 g/mol. The molecule has 1 saturated carbocycles. The second kappa shape index (κ2) is 10.4. The van der Waals surface area contributed by atoms with Crippen LogP contribution in [0.15, 0.2) is 21.5 Å². The number of likely N-dealkylation sites (tertiary alicyclic amines) is 1. The fourth-order valence-corrected chi connectivity index (χ4v) is 3.92. The summed E-state index contributed by atoms with van der Waals surface area (Å²) in [7, 11) is 1.86. The first-order valence-electron chi connectivity index (χ1n) is 9.54. The van der Waals surface area contributed by atoms with Crippen LogP contribution in [0.2, 0.25) is 0 Å². The molecule has 2 N–H and O–H groups in total. The Hall–Kier alpha value is -0.760. The van der Waals surface area contributed by atoms with Crippen molar-refractivity contribution in [3.8, 4) is 0 Å². The average Bonchev–Trinajstić information content (AvgIpc) is 3.27. The van der Waals surface area contributed by atoms with Crippen molar-refractivity contribution in [3.63, 3.8) is 0 Å². The van der Waals surface area contributed by atoms with Gasteiger partial charge in [0.2, 0.25) is 0 Å². The van der Waals surface area contributed by atoms with E-state index < -0.39 is 0 Å². The van der Waals surface area contributed by atoms with Crippen LogP contribution in [0.3, 0.4) is 0 Å². The molecule has 5 nitrogen and oxygen atoms in total. The molecule has 1 atom stereocenters. The SMILES string of the molecule is CN=C(NCC(c1ccc(C)o1)N1CCCC1)NC1CCCCC1.I. The van der Waals surface area contributed by atoms with Gasteiger partial charge in [-0.1, -0.05) is 19.3 Å². The van der Waals surface area contributed by atoms with Gasteiger partial charge in [-0.2, -0.15) is 0 Å². The highest BCUT2D eigenvalue weighted by molar-refractivity contribution is 14.0. The normalized spacial score (nSPS) is 21.0. The summed E-state index contributed by atoms with van der Waals surface area (Å²) in [6.07, 6.45) is 9.12. The van der Waals surface area contributed by atoms with Gasteiger partial charge < -0.3 is 15.1 Å². The Balaban J connectivity index is 0.00000225. The molecule has 0 radical (unpaired) electrons. The first-order valence-corrected chi connectivity index (χ1v) is 9.54. The first kappa shape index (κ1) is 20.6. The highest BCUT2D eigenvalue weighted by Crippen LogP contribution is 2.26. The van der Waals surface area contributed by atoms with Gasteiger partial charge in [-0.3, -0.25) is 9.89 Å². The smallest absolute Gasteiger partial charge is 0.191 e. The van der Waals surface area contributed by atoms with Crippen molar-refractivity contribution in [2.24, 2.45) is 4.99 Å². The van der Waals surface area contributed by atoms with E-state index in [0.717, 1.165) is 37.1 Å². The van der Waals surface area contributed by atoms with Crippen LogP contribution in [-0.4, -0.2) is 43.6 Å². The summed E-state index contributed by atoms with van der Waals surface area (Å²) in [5.74, 6) is 2.98. The Morgan fingerprint density at radius 2 is 1.92 bits per heavy atom. The standard InChI is InChI=1S/C19H32N4O.HI/c1-15-10-11-18(24-15)17(23-12-6-7-13-23)14-21-19(20-2)22-16-8-4-3-5-9-16;/h10-11,16-17H,3-9,12-14H2,1-2H3,(H2,20,21,22);1H. The zero-order valence-electron chi connectivity index (χ0n) is 15.6. The Bertz CT molecular complexity index is 533. The molecule has 0 spiro atoms. The maximum Gasteiger partial charge on any atom is 0.191 e. The lowest BCUT2D eigenvalue weighted by Gasteiger charge is -2.29. The maximum absolute atomic E-state index is 5.93. The summed E-state index contributed by atoms with van der Waals surface area (Å²) >= 11 is 0. The molecule has 1 aliphatic carbocycles. The van der Waals surface area contributed by atoms with Crippen LogP contribution in [0, 0.1) is 6.92 Å². The lowest BCUT2D eigenvalue weighted by atomic mass is 9.96. The highest BCUT2D eigenvalue weighted by Gasteiger charge is 2.26. The van der Waals surface area contributed by atoms with Gasteiger partial charge in [-0.25, -0.2) is 0 Å². The first-order chi connectivity index (χ1) is 11.8. The summed E-state index contributed by atoms with van der Waals surface area (Å²) in [6.45, 7) is 5.16. The summed E-state index contributed by atoms with van der Waals surface area (Å²) in [5, 5.41) is 7.14. The number of rotatable bonds is 5. The number of nitrogens with zero attached hydrogens (tertiary/aromatic N) is 2. The quantitative estimate of drug-likeness (QED) is 0.399. The Kier molecular flexibility index (Phi) is 8.55. The van der Waals surface area contributed by atoms with E-state index in [1.807, 2.05) is 14.0 Å². The fraction of sp³-hybridized carbons (Fsp3) is 0.737. The minimum Gasteiger partial charge on any atom is -0.465 e. The molecule has 1 aromatic rings. The van der Waals surface area contributed by atoms with E-state index in [0.29, 0.717) is 6.04 Å². The van der Waals surface area contributed by atoms with E-state index in [4.69, 9.17) is 4.42 Å². The topological polar surface area (TPSA) is 52.8 Å². The number of guanidine groups is 1. The van der Waals surface area contributed by atoms with Gasteiger partial charge >= 0.3 is 0 Å². The number of furan rings is 1. The minimum atomic E-state index is 0. The number of aliphatic imine (C=N–C) groups is 1. The predicted octanol–water partition coefficient (Wildman–Crippen LogP) is 3.84. The zero-order chi connectivity index (χ0) is 16.8. The van der Waals surface area contributed by atoms with Crippen LogP contribution in [0.1, 0.15) is 62.5 Å². The Morgan fingerprint density at radius 1 is 1.20 bits per heavy atom. The summed E-state index contributed by atoms with van der Waals surface area (Å²) in [6, 6.07) is 5.04. The molecule has 6 heteroatoms. The van der Waals surface area contributed by atoms with Gasteiger partial charge in [0.1, 0.15) is 11.5 Å². The van der Waals surface area contributed by atoms with Gasteiger partial charge in [0.05, 0.1) is 6.04 Å². The molecule has 2 fully saturated rings. The summed E-state index contributed by atoms with van der Waals surface area (Å²) < 4.78 is 5.93. The van der Waals surface area contributed by atoms with Crippen LogP contribution in [-0.2, 0) is 0 Å². The largest absolute Gasteiger partial charge is 0.465 e. The highest BCUT2D eigenvalue weighted by atomic mass is 127. The number of hydrogen-bond acceptors (Lipinski definition) is 3. The number of halogens is 1. The number of hydrogen-bond donors (Lipinski definition) is 2. The van der Waals surface area contributed by atoms with Crippen LogP contribution in [0.5, 0.6) is 0 Å². The monoisotopic (exact) mass is 460 g/mol. The molecule has 25 heavy (non-hydrogen) atoms. The molecule has 142 valence electrons. The molecule has 0 amide bonds. The molecule has 0 aromatic carbocycles. The molecular formula is C19H33IN4O. The van der Waals surface area contributed by atoms with E-state index in [2.05, 4.69) is 32.7 Å². The number of nitrogens with one attached hydrogen (secondary N) is 2. The van der Waals surface area contributed by atoms with Gasteiger partial charge in [-0.05, 0) is 57.8 Å². The fourth-order valence-electron chi connectivity index (χ4n) is 3.92. The van der Waals surface area contributed by atoms with Gasteiger partial charge in [0, 0.05) is 19.6 Å². The van der Waals surface area contributed by atoms with E-state index in [1.54, 1.807) is 0 Å². The zero-order valence-corrected chi connectivity index (χ0v) is 17.9. The maximum atomic E-state index is 5.93. The second-order valence-electron chi connectivity index (χ2n) is 7.14. The molecule has 3 rings (SSSR count). The molecular weight excluding hydrogens is 427 g/mol. The Labute approximate surface area is 169 Å². The van der Waals surface area contributed by atoms with Crippen LogP contribution in [0.4, 0.5) is 0 Å². The predicted molar refractivity (Wildman–Crippen MR) is 114 cm³/mol. The van der Waals surface area contributed by atoms with E-state index in [-0.39, 0.29) is 30.0 Å². The summed E-state index contributed by atoms with van der Waals surface area (Å²) in [5.41, 5.74) is 0. The third kappa shape index (κ3) is 5.88. The molecule has 2 aliphatic rings. The lowest BCUT2D eigenvalue weighted by Crippen LogP contribution is -2.46. The molecule has 1 unspecified atom stereocenters. The summed E-state index contributed by atoms with van der Waals surface area (Å²) in [4.78, 5) is 6.95. The third-order valence-electron chi connectivity index (χ3n) is 5.30. The van der Waals surface area contributed by atoms with E-state index >= 15 is 0 Å². The van der Waals surface area contributed by atoms with Gasteiger partial charge in [0.15, 0.2) is 5.96 Å². The molecule has 1 aromatic heterocycles. The van der Waals surface area contributed by atoms with Crippen LogP contribution in [0.25, 0.3) is 0 Å². The lowest BCUT2D eigenvalue weighted by molar-refractivity contribution is 0.213. The van der Waals surface area contributed by atoms with E-state index in [9.17, 15) is 0 Å². The van der Waals surface area contributed by atoms with Crippen molar-refractivity contribution in [1.29, 1.82) is 0 Å². The van der Waals surface area contributed by atoms with Crippen molar-refractivity contribution in [2.45, 2.75) is 64.0 Å². The van der Waals surface area contributed by atoms with Gasteiger partial charge in [-0.15, -0.1) is 24.0 Å². The third-order valence-corrected chi connectivity index (χ3v) is 5.30. The van der Waals surface area contributed by atoms with Crippen LogP contribution < -0.4 is 10.6 Å². The number of aryl methyl sites for hydroxylation is 1. The minimum absolute atomic E-state index is 0. The van der Waals surface area contributed by atoms with Gasteiger partial charge in [0.25, 0.3) is 0 Å². The molecule has 2 heterocycles. The van der Waals surface area contributed by atoms with Crippen LogP contribution >= 0.6 is 24.0 Å². The molecule has 1 saturated heterocycles. The van der Waals surface area contributed by atoms with Crippen molar-refractivity contribution >= 4 is 29.9 Å². The van der Waals surface area contributed by atoms with E-state index in [1.165, 1.54) is 44.9 Å². The van der Waals surface area contributed by atoms with Crippen molar-refractivity contribution in [2.75, 3.05) is 26.7 Å². The van der Waals surface area contributed by atoms with Crippen molar-refractivity contribution < 1.29 is 4.42 Å². The Morgan fingerprint density at radius 3 is 2.52 bits per heavy atom. The van der Waals surface area contributed by atoms with Crippen molar-refractivity contribution in [3.05, 3.63) is 23.7 Å².